The van der Waals surface area contributed by atoms with E-state index in [4.69, 9.17) is 4.74 Å². The standard InChI is InChI=1S/C22H27N3O3/c1-23(2)22(27)25-15-13-17(14-16-25)21(26)24(3)18-9-11-20(12-10-18)28-19-7-5-4-6-8-19/h4-12,17H,13-16H2,1-3H3. The SMILES string of the molecule is CN(C)C(=O)N1CCC(C(=O)N(C)c2ccc(Oc3ccccc3)cc2)CC1. The van der Waals surface area contributed by atoms with Gasteiger partial charge < -0.3 is 19.4 Å². The number of para-hydroxylation sites is 1. The molecule has 0 radical (unpaired) electrons. The number of urea groups is 1. The summed E-state index contributed by atoms with van der Waals surface area (Å²) in [5.74, 6) is 1.54. The highest BCUT2D eigenvalue weighted by Crippen LogP contribution is 2.26. The molecule has 0 aromatic heterocycles. The fourth-order valence-electron chi connectivity index (χ4n) is 3.36. The normalized spacial score (nSPS) is 14.5. The van der Waals surface area contributed by atoms with Crippen LogP contribution in [0.4, 0.5) is 10.5 Å². The molecule has 28 heavy (non-hydrogen) atoms. The van der Waals surface area contributed by atoms with Crippen molar-refractivity contribution in [1.82, 2.24) is 9.80 Å². The van der Waals surface area contributed by atoms with Gasteiger partial charge in [0.1, 0.15) is 11.5 Å². The molecule has 2 aromatic carbocycles. The van der Waals surface area contributed by atoms with Crippen LogP contribution in [-0.2, 0) is 4.79 Å². The zero-order valence-electron chi connectivity index (χ0n) is 16.7. The topological polar surface area (TPSA) is 53.1 Å². The maximum atomic E-state index is 12.9. The number of ether oxygens (including phenoxy) is 1. The number of hydrogen-bond donors (Lipinski definition) is 0. The third kappa shape index (κ3) is 4.63. The predicted molar refractivity (Wildman–Crippen MR) is 110 cm³/mol. The zero-order valence-corrected chi connectivity index (χ0v) is 16.7. The number of benzene rings is 2. The summed E-state index contributed by atoms with van der Waals surface area (Å²) < 4.78 is 5.80. The molecule has 0 saturated carbocycles. The van der Waals surface area contributed by atoms with Crippen molar-refractivity contribution in [1.29, 1.82) is 0 Å². The van der Waals surface area contributed by atoms with Gasteiger partial charge in [0, 0.05) is 45.8 Å². The van der Waals surface area contributed by atoms with Gasteiger partial charge in [-0.2, -0.15) is 0 Å². The second-order valence-electron chi connectivity index (χ2n) is 7.24. The van der Waals surface area contributed by atoms with E-state index in [0.29, 0.717) is 25.9 Å². The maximum absolute atomic E-state index is 12.9. The van der Waals surface area contributed by atoms with Gasteiger partial charge in [0.25, 0.3) is 0 Å². The average molecular weight is 381 g/mol. The molecule has 0 bridgehead atoms. The third-order valence-corrected chi connectivity index (χ3v) is 5.03. The first-order chi connectivity index (χ1) is 13.5. The molecule has 1 fully saturated rings. The van der Waals surface area contributed by atoms with E-state index in [1.165, 1.54) is 0 Å². The lowest BCUT2D eigenvalue weighted by molar-refractivity contribution is -0.123. The fourth-order valence-corrected chi connectivity index (χ4v) is 3.36. The summed E-state index contributed by atoms with van der Waals surface area (Å²) in [5.41, 5.74) is 0.831. The van der Waals surface area contributed by atoms with Gasteiger partial charge in [-0.15, -0.1) is 0 Å². The van der Waals surface area contributed by atoms with Crippen molar-refractivity contribution in [3.8, 4) is 11.5 Å². The van der Waals surface area contributed by atoms with E-state index in [9.17, 15) is 9.59 Å². The average Bonchev–Trinajstić information content (AvgIpc) is 2.73. The summed E-state index contributed by atoms with van der Waals surface area (Å²) in [4.78, 5) is 30.0. The Morgan fingerprint density at radius 3 is 2.04 bits per heavy atom. The molecule has 0 N–H and O–H groups in total. The van der Waals surface area contributed by atoms with Crippen molar-refractivity contribution in [2.24, 2.45) is 5.92 Å². The Bertz CT molecular complexity index is 798. The predicted octanol–water partition coefficient (Wildman–Crippen LogP) is 3.84. The number of rotatable bonds is 4. The number of carbonyl (C=O) groups is 2. The van der Waals surface area contributed by atoms with E-state index in [-0.39, 0.29) is 17.9 Å². The summed E-state index contributed by atoms with van der Waals surface area (Å²) >= 11 is 0. The van der Waals surface area contributed by atoms with Crippen LogP contribution < -0.4 is 9.64 Å². The van der Waals surface area contributed by atoms with Gasteiger partial charge in [0.15, 0.2) is 0 Å². The quantitative estimate of drug-likeness (QED) is 0.809. The molecule has 6 heteroatoms. The zero-order chi connectivity index (χ0) is 20.1. The van der Waals surface area contributed by atoms with Crippen LogP contribution in [0.5, 0.6) is 11.5 Å². The number of nitrogens with zero attached hydrogens (tertiary/aromatic N) is 3. The summed E-state index contributed by atoms with van der Waals surface area (Å²) in [6.07, 6.45) is 1.38. The fraction of sp³-hybridized carbons (Fsp3) is 0.364. The molecular formula is C22H27N3O3. The Morgan fingerprint density at radius 1 is 0.893 bits per heavy atom. The Labute approximate surface area is 166 Å². The molecule has 148 valence electrons. The number of piperidine rings is 1. The largest absolute Gasteiger partial charge is 0.457 e. The van der Waals surface area contributed by atoms with Crippen LogP contribution in [-0.4, -0.2) is 56.0 Å². The van der Waals surface area contributed by atoms with Crippen LogP contribution in [0.1, 0.15) is 12.8 Å². The molecule has 3 rings (SSSR count). The number of hydrogen-bond acceptors (Lipinski definition) is 3. The first-order valence-electron chi connectivity index (χ1n) is 9.52. The minimum absolute atomic E-state index is 0.00765. The Hall–Kier alpha value is -3.02. The van der Waals surface area contributed by atoms with Crippen molar-refractivity contribution in [3.63, 3.8) is 0 Å². The number of likely N-dealkylation sites (tertiary alicyclic amines) is 1. The van der Waals surface area contributed by atoms with Gasteiger partial charge in [-0.3, -0.25) is 4.79 Å². The summed E-state index contributed by atoms with van der Waals surface area (Å²) in [7, 11) is 5.30. The van der Waals surface area contributed by atoms with Crippen molar-refractivity contribution in [3.05, 3.63) is 54.6 Å². The molecule has 6 nitrogen and oxygen atoms in total. The van der Waals surface area contributed by atoms with Gasteiger partial charge in [0.05, 0.1) is 0 Å². The van der Waals surface area contributed by atoms with E-state index in [1.807, 2.05) is 54.6 Å². The molecule has 3 amide bonds. The molecule has 1 heterocycles. The van der Waals surface area contributed by atoms with E-state index >= 15 is 0 Å². The first kappa shape index (κ1) is 19.7. The third-order valence-electron chi connectivity index (χ3n) is 5.03. The van der Waals surface area contributed by atoms with Gasteiger partial charge in [-0.25, -0.2) is 4.79 Å². The molecule has 1 aliphatic rings. The van der Waals surface area contributed by atoms with Crippen molar-refractivity contribution in [2.75, 3.05) is 39.1 Å². The Balaban J connectivity index is 1.57. The molecule has 0 aliphatic carbocycles. The molecule has 2 aromatic rings. The molecule has 1 aliphatic heterocycles. The first-order valence-corrected chi connectivity index (χ1v) is 9.52. The lowest BCUT2D eigenvalue weighted by Crippen LogP contribution is -2.46. The maximum Gasteiger partial charge on any atom is 0.319 e. The summed E-state index contributed by atoms with van der Waals surface area (Å²) in [6, 6.07) is 17.1. The lowest BCUT2D eigenvalue weighted by Gasteiger charge is -2.34. The second-order valence-corrected chi connectivity index (χ2v) is 7.24. The van der Waals surface area contributed by atoms with Crippen molar-refractivity contribution in [2.45, 2.75) is 12.8 Å². The number of carbonyl (C=O) groups excluding carboxylic acids is 2. The number of anilines is 1. The molecule has 1 saturated heterocycles. The van der Waals surface area contributed by atoms with Crippen LogP contribution in [0.3, 0.4) is 0 Å². The van der Waals surface area contributed by atoms with Gasteiger partial charge in [-0.1, -0.05) is 18.2 Å². The second kappa shape index (κ2) is 8.78. The lowest BCUT2D eigenvalue weighted by atomic mass is 9.95. The summed E-state index contributed by atoms with van der Waals surface area (Å²) in [6.45, 7) is 1.23. The monoisotopic (exact) mass is 381 g/mol. The van der Waals surface area contributed by atoms with Gasteiger partial charge in [-0.05, 0) is 49.2 Å². The summed E-state index contributed by atoms with van der Waals surface area (Å²) in [5, 5.41) is 0. The Morgan fingerprint density at radius 2 is 1.46 bits per heavy atom. The van der Waals surface area contributed by atoms with Crippen LogP contribution in [0.25, 0.3) is 0 Å². The molecule has 0 spiro atoms. The van der Waals surface area contributed by atoms with Crippen LogP contribution in [0, 0.1) is 5.92 Å². The molecule has 0 atom stereocenters. The van der Waals surface area contributed by atoms with E-state index in [1.54, 1.807) is 35.8 Å². The van der Waals surface area contributed by atoms with E-state index < -0.39 is 0 Å². The minimum atomic E-state index is -0.0588. The molecular weight excluding hydrogens is 354 g/mol. The van der Waals surface area contributed by atoms with Gasteiger partial charge in [0.2, 0.25) is 5.91 Å². The minimum Gasteiger partial charge on any atom is -0.457 e. The van der Waals surface area contributed by atoms with E-state index in [2.05, 4.69) is 0 Å². The van der Waals surface area contributed by atoms with Crippen molar-refractivity contribution >= 4 is 17.6 Å². The molecule has 0 unspecified atom stereocenters. The van der Waals surface area contributed by atoms with Crippen LogP contribution in [0.2, 0.25) is 0 Å². The Kier molecular flexibility index (Phi) is 6.19. The highest BCUT2D eigenvalue weighted by molar-refractivity contribution is 5.94. The van der Waals surface area contributed by atoms with Crippen LogP contribution >= 0.6 is 0 Å². The van der Waals surface area contributed by atoms with Crippen molar-refractivity contribution < 1.29 is 14.3 Å². The smallest absolute Gasteiger partial charge is 0.319 e. The van der Waals surface area contributed by atoms with Crippen LogP contribution in [0.15, 0.2) is 54.6 Å². The highest BCUT2D eigenvalue weighted by Gasteiger charge is 2.30. The number of amides is 3. The van der Waals surface area contributed by atoms with E-state index in [0.717, 1.165) is 17.2 Å². The van der Waals surface area contributed by atoms with Gasteiger partial charge >= 0.3 is 6.03 Å². The highest BCUT2D eigenvalue weighted by atomic mass is 16.5.